The summed E-state index contributed by atoms with van der Waals surface area (Å²) in [6.07, 6.45) is 4.07. The van der Waals surface area contributed by atoms with Gasteiger partial charge in [-0.25, -0.2) is 19.3 Å². The molecule has 0 amide bonds. The number of ether oxygens (including phenoxy) is 1. The summed E-state index contributed by atoms with van der Waals surface area (Å²) in [6.45, 7) is 4.83. The summed E-state index contributed by atoms with van der Waals surface area (Å²) >= 11 is 0. The van der Waals surface area contributed by atoms with Crippen molar-refractivity contribution in [3.8, 4) is 5.88 Å². The fourth-order valence-electron chi connectivity index (χ4n) is 4.16. The number of pyridine rings is 1. The Hall–Kier alpha value is -3.95. The van der Waals surface area contributed by atoms with Crippen LogP contribution in [0.5, 0.6) is 5.88 Å². The molecule has 0 saturated heterocycles. The van der Waals surface area contributed by atoms with E-state index in [1.54, 1.807) is 12.3 Å². The molecule has 5 rings (SSSR count). The number of carbonyl (C=O) groups is 1. The van der Waals surface area contributed by atoms with Crippen molar-refractivity contribution >= 4 is 29.0 Å². The minimum atomic E-state index is -1.08. The van der Waals surface area contributed by atoms with Gasteiger partial charge in [-0.2, -0.15) is 0 Å². The van der Waals surface area contributed by atoms with Gasteiger partial charge in [0.05, 0.1) is 30.5 Å². The van der Waals surface area contributed by atoms with Crippen LogP contribution in [0.2, 0.25) is 0 Å². The van der Waals surface area contributed by atoms with Gasteiger partial charge in [0, 0.05) is 30.5 Å². The number of nitrogens with one attached hydrogen (secondary N) is 2. The van der Waals surface area contributed by atoms with Crippen molar-refractivity contribution in [3.63, 3.8) is 0 Å². The summed E-state index contributed by atoms with van der Waals surface area (Å²) in [5.41, 5.74) is 5.60. The molecule has 2 aromatic heterocycles. The molecule has 3 aromatic rings. The van der Waals surface area contributed by atoms with Crippen LogP contribution in [0, 0.1) is 12.7 Å². The van der Waals surface area contributed by atoms with Crippen LogP contribution in [-0.4, -0.2) is 45.7 Å². The fourth-order valence-corrected chi connectivity index (χ4v) is 4.16. The molecule has 0 fully saturated rings. The van der Waals surface area contributed by atoms with Crippen LogP contribution in [0.4, 0.5) is 27.4 Å². The van der Waals surface area contributed by atoms with Crippen molar-refractivity contribution in [3.05, 3.63) is 58.8 Å². The Bertz CT molecular complexity index is 1240. The molecule has 3 N–H and O–H groups in total. The summed E-state index contributed by atoms with van der Waals surface area (Å²) in [5.74, 6) is -0.670. The van der Waals surface area contributed by atoms with E-state index in [0.29, 0.717) is 30.7 Å². The zero-order valence-electron chi connectivity index (χ0n) is 18.1. The lowest BCUT2D eigenvalue weighted by Crippen LogP contribution is -2.32. The molecule has 2 aliphatic heterocycles. The zero-order valence-corrected chi connectivity index (χ0v) is 18.1. The number of carboxylic acid groups (broad SMARTS) is 1. The Labute approximate surface area is 189 Å². The van der Waals surface area contributed by atoms with Gasteiger partial charge in [-0.3, -0.25) is 4.79 Å². The molecule has 170 valence electrons. The summed E-state index contributed by atoms with van der Waals surface area (Å²) < 4.78 is 19.8. The molecule has 4 heterocycles. The highest BCUT2D eigenvalue weighted by Gasteiger charge is 2.24. The predicted molar refractivity (Wildman–Crippen MR) is 121 cm³/mol. The predicted octanol–water partition coefficient (Wildman–Crippen LogP) is 3.06. The number of carboxylic acids is 1. The van der Waals surface area contributed by atoms with E-state index >= 15 is 0 Å². The second-order valence-corrected chi connectivity index (χ2v) is 8.06. The number of halogens is 1. The van der Waals surface area contributed by atoms with Crippen LogP contribution >= 0.6 is 0 Å². The van der Waals surface area contributed by atoms with Gasteiger partial charge in [0.25, 0.3) is 0 Å². The van der Waals surface area contributed by atoms with Gasteiger partial charge in [-0.1, -0.05) is 6.07 Å². The van der Waals surface area contributed by atoms with Crippen molar-refractivity contribution < 1.29 is 19.0 Å². The van der Waals surface area contributed by atoms with Crippen LogP contribution in [-0.2, 0) is 24.2 Å². The molecule has 0 atom stereocenters. The van der Waals surface area contributed by atoms with Gasteiger partial charge in [-0.15, -0.1) is 0 Å². The van der Waals surface area contributed by atoms with Crippen molar-refractivity contribution in [2.24, 2.45) is 0 Å². The van der Waals surface area contributed by atoms with E-state index in [1.807, 2.05) is 6.20 Å². The third-order valence-electron chi connectivity index (χ3n) is 5.86. The number of nitrogens with zero attached hydrogens (tertiary/aromatic N) is 4. The van der Waals surface area contributed by atoms with E-state index < -0.39 is 11.8 Å². The molecule has 9 nitrogen and oxygen atoms in total. The molecule has 0 radical (unpaired) electrons. The van der Waals surface area contributed by atoms with Gasteiger partial charge < -0.3 is 25.4 Å². The highest BCUT2D eigenvalue weighted by molar-refractivity contribution is 5.71. The normalized spacial score (nSPS) is 14.5. The van der Waals surface area contributed by atoms with E-state index in [4.69, 9.17) is 9.84 Å². The average molecular weight is 450 g/mol. The maximum Gasteiger partial charge on any atom is 0.307 e. The van der Waals surface area contributed by atoms with Crippen molar-refractivity contribution in [1.29, 1.82) is 0 Å². The molecule has 0 spiro atoms. The Morgan fingerprint density at radius 1 is 1.33 bits per heavy atom. The Balaban J connectivity index is 1.35. The lowest BCUT2D eigenvalue weighted by atomic mass is 10.0. The third-order valence-corrected chi connectivity index (χ3v) is 5.86. The average Bonchev–Trinajstić information content (AvgIpc) is 2.81. The largest absolute Gasteiger partial charge is 0.481 e. The van der Waals surface area contributed by atoms with Gasteiger partial charge in [0.1, 0.15) is 18.1 Å². The molecule has 0 aliphatic carbocycles. The Morgan fingerprint density at radius 3 is 3.03 bits per heavy atom. The number of fused-ring (bicyclic) bond motifs is 2. The maximum absolute atomic E-state index is 14.2. The van der Waals surface area contributed by atoms with Crippen LogP contribution in [0.3, 0.4) is 0 Å². The number of hydrogen-bond acceptors (Lipinski definition) is 8. The molecule has 10 heteroatoms. The number of aromatic nitrogens is 3. The highest BCUT2D eigenvalue weighted by Crippen LogP contribution is 2.36. The quantitative estimate of drug-likeness (QED) is 0.540. The number of aliphatic carboxylic acids is 1. The van der Waals surface area contributed by atoms with Crippen LogP contribution in [0.1, 0.15) is 22.4 Å². The van der Waals surface area contributed by atoms with E-state index in [-0.39, 0.29) is 12.0 Å². The first-order valence-electron chi connectivity index (χ1n) is 10.7. The van der Waals surface area contributed by atoms with Crippen molar-refractivity contribution in [2.75, 3.05) is 35.2 Å². The van der Waals surface area contributed by atoms with Crippen LogP contribution < -0.4 is 20.3 Å². The Kier molecular flexibility index (Phi) is 5.41. The molecular weight excluding hydrogens is 427 g/mol. The number of benzene rings is 1. The molecule has 33 heavy (non-hydrogen) atoms. The molecule has 2 aliphatic rings. The van der Waals surface area contributed by atoms with Gasteiger partial charge in [0.15, 0.2) is 0 Å². The second kappa shape index (κ2) is 8.53. The smallest absolute Gasteiger partial charge is 0.307 e. The standard InChI is InChI=1S/C23H23FN6O3/c1-13-19(11-26-22-21(13)25-5-7-33-22)30-6-4-15-10-27-23(29-18(15)12-30)28-16-3-2-14(8-20(31)32)17(24)9-16/h2-3,9-11,25H,4-8,12H2,1H3,(H,31,32)(H,27,28,29). The minimum absolute atomic E-state index is 0.129. The SMILES string of the molecule is Cc1c(N2CCc3cnc(Nc4ccc(CC(=O)O)c(F)c4)nc3C2)cnc2c1NCCO2. The zero-order chi connectivity index (χ0) is 22.9. The minimum Gasteiger partial charge on any atom is -0.481 e. The van der Waals surface area contributed by atoms with E-state index in [0.717, 1.165) is 47.7 Å². The first-order valence-corrected chi connectivity index (χ1v) is 10.7. The highest BCUT2D eigenvalue weighted by atomic mass is 19.1. The summed E-state index contributed by atoms with van der Waals surface area (Å²) in [6, 6.07) is 4.33. The fraction of sp³-hybridized carbons (Fsp3) is 0.304. The first kappa shape index (κ1) is 20.9. The second-order valence-electron chi connectivity index (χ2n) is 8.06. The summed E-state index contributed by atoms with van der Waals surface area (Å²) in [4.78, 5) is 26.6. The van der Waals surface area contributed by atoms with E-state index in [9.17, 15) is 9.18 Å². The molecule has 0 bridgehead atoms. The third kappa shape index (κ3) is 4.23. The topological polar surface area (TPSA) is 113 Å². The Morgan fingerprint density at radius 2 is 2.21 bits per heavy atom. The molecule has 0 unspecified atom stereocenters. The molecular formula is C23H23FN6O3. The molecule has 1 aromatic carbocycles. The van der Waals surface area contributed by atoms with E-state index in [2.05, 4.69) is 37.4 Å². The van der Waals surface area contributed by atoms with Gasteiger partial charge >= 0.3 is 5.97 Å². The van der Waals surface area contributed by atoms with Gasteiger partial charge in [0.2, 0.25) is 11.8 Å². The van der Waals surface area contributed by atoms with Gasteiger partial charge in [-0.05, 0) is 36.6 Å². The number of anilines is 4. The monoisotopic (exact) mass is 450 g/mol. The van der Waals surface area contributed by atoms with E-state index in [1.165, 1.54) is 12.1 Å². The summed E-state index contributed by atoms with van der Waals surface area (Å²) in [7, 11) is 0. The van der Waals surface area contributed by atoms with Crippen molar-refractivity contribution in [1.82, 2.24) is 15.0 Å². The van der Waals surface area contributed by atoms with Crippen LogP contribution in [0.25, 0.3) is 0 Å². The molecule has 0 saturated carbocycles. The first-order chi connectivity index (χ1) is 16.0. The maximum atomic E-state index is 14.2. The van der Waals surface area contributed by atoms with Crippen molar-refractivity contribution in [2.45, 2.75) is 26.3 Å². The lowest BCUT2D eigenvalue weighted by molar-refractivity contribution is -0.136. The van der Waals surface area contributed by atoms with Crippen LogP contribution in [0.15, 0.2) is 30.6 Å². The number of rotatable bonds is 5. The summed E-state index contributed by atoms with van der Waals surface area (Å²) in [5, 5.41) is 15.3. The lowest BCUT2D eigenvalue weighted by Gasteiger charge is -2.32. The number of hydrogen-bond donors (Lipinski definition) is 3.